The summed E-state index contributed by atoms with van der Waals surface area (Å²) < 4.78 is 0. The normalized spacial score (nSPS) is 11.3. The van der Waals surface area contributed by atoms with Crippen LogP contribution >= 0.6 is 0 Å². The molecule has 0 radical (unpaired) electrons. The van der Waals surface area contributed by atoms with Gasteiger partial charge >= 0.3 is 0 Å². The highest BCUT2D eigenvalue weighted by atomic mass is 15.1. The summed E-state index contributed by atoms with van der Waals surface area (Å²) in [7, 11) is 0. The Labute approximate surface area is 91.5 Å². The maximum atomic E-state index is 5.58. The van der Waals surface area contributed by atoms with Gasteiger partial charge in [0, 0.05) is 32.0 Å². The van der Waals surface area contributed by atoms with Gasteiger partial charge in [0.1, 0.15) is 5.82 Å². The van der Waals surface area contributed by atoms with Gasteiger partial charge in [0.05, 0.1) is 6.54 Å². The van der Waals surface area contributed by atoms with E-state index in [4.69, 9.17) is 5.73 Å². The van der Waals surface area contributed by atoms with Crippen molar-refractivity contribution >= 4 is 0 Å². The van der Waals surface area contributed by atoms with Gasteiger partial charge in [0.15, 0.2) is 0 Å². The highest BCUT2D eigenvalue weighted by Crippen LogP contribution is 2.02. The topological polar surface area (TPSA) is 55.0 Å². The molecule has 0 saturated heterocycles. The molecule has 15 heavy (non-hydrogen) atoms. The highest BCUT2D eigenvalue weighted by Gasteiger charge is 2.08. The Kier molecular flexibility index (Phi) is 5.21. The lowest BCUT2D eigenvalue weighted by molar-refractivity contribution is 0.237. The van der Waals surface area contributed by atoms with E-state index in [1.807, 2.05) is 6.07 Å². The highest BCUT2D eigenvalue weighted by molar-refractivity contribution is 4.88. The first-order valence-corrected chi connectivity index (χ1v) is 5.40. The Morgan fingerprint density at radius 1 is 1.33 bits per heavy atom. The van der Waals surface area contributed by atoms with Crippen molar-refractivity contribution in [2.24, 2.45) is 11.7 Å². The average Bonchev–Trinajstić information content (AvgIpc) is 2.18. The van der Waals surface area contributed by atoms with Crippen LogP contribution in [0.1, 0.15) is 19.7 Å². The van der Waals surface area contributed by atoms with Crippen LogP contribution in [0.25, 0.3) is 0 Å². The number of rotatable bonds is 6. The summed E-state index contributed by atoms with van der Waals surface area (Å²) in [6, 6.07) is 1.83. The van der Waals surface area contributed by atoms with E-state index < -0.39 is 0 Å². The summed E-state index contributed by atoms with van der Waals surface area (Å²) in [5, 5.41) is 0. The molecule has 0 atom stereocenters. The summed E-state index contributed by atoms with van der Waals surface area (Å²) in [6.07, 6.45) is 3.55. The van der Waals surface area contributed by atoms with Crippen molar-refractivity contribution < 1.29 is 0 Å². The molecule has 0 spiro atoms. The Hall–Kier alpha value is -1.00. The minimum absolute atomic E-state index is 0.639. The molecule has 0 aliphatic carbocycles. The number of aromatic nitrogens is 2. The van der Waals surface area contributed by atoms with Gasteiger partial charge in [-0.2, -0.15) is 0 Å². The first-order chi connectivity index (χ1) is 7.22. The van der Waals surface area contributed by atoms with Crippen molar-refractivity contribution in [2.75, 3.05) is 19.6 Å². The van der Waals surface area contributed by atoms with E-state index in [2.05, 4.69) is 28.7 Å². The van der Waals surface area contributed by atoms with Gasteiger partial charge in [-0.05, 0) is 12.0 Å². The van der Waals surface area contributed by atoms with E-state index >= 15 is 0 Å². The van der Waals surface area contributed by atoms with Crippen LogP contribution in [-0.2, 0) is 6.54 Å². The van der Waals surface area contributed by atoms with Crippen LogP contribution in [-0.4, -0.2) is 34.5 Å². The van der Waals surface area contributed by atoms with Gasteiger partial charge in [0.25, 0.3) is 0 Å². The molecule has 0 amide bonds. The molecule has 0 bridgehead atoms. The van der Waals surface area contributed by atoms with E-state index in [0.29, 0.717) is 12.5 Å². The molecule has 4 nitrogen and oxygen atoms in total. The lowest BCUT2D eigenvalue weighted by Crippen LogP contribution is -2.32. The second-order valence-electron chi connectivity index (χ2n) is 4.08. The third-order valence-corrected chi connectivity index (χ3v) is 2.05. The van der Waals surface area contributed by atoms with E-state index in [1.54, 1.807) is 12.4 Å². The first kappa shape index (κ1) is 12.1. The molecule has 1 aromatic heterocycles. The Morgan fingerprint density at radius 3 is 2.53 bits per heavy atom. The Bertz CT molecular complexity index is 261. The number of hydrogen-bond acceptors (Lipinski definition) is 4. The Balaban J connectivity index is 2.50. The molecule has 4 heteroatoms. The van der Waals surface area contributed by atoms with E-state index in [1.165, 1.54) is 0 Å². The van der Waals surface area contributed by atoms with Crippen LogP contribution in [0.15, 0.2) is 18.5 Å². The molecule has 0 unspecified atom stereocenters. The standard InChI is InChI=1S/C11H20N4/c1-10(2)8-15(7-4-12)9-11-13-5-3-6-14-11/h3,5-6,10H,4,7-9,12H2,1-2H3. The molecule has 84 valence electrons. The van der Waals surface area contributed by atoms with Crippen LogP contribution in [0.4, 0.5) is 0 Å². The molecule has 0 aliphatic heterocycles. The van der Waals surface area contributed by atoms with Gasteiger partial charge in [-0.3, -0.25) is 4.90 Å². The maximum absolute atomic E-state index is 5.58. The summed E-state index contributed by atoms with van der Waals surface area (Å²) in [5.41, 5.74) is 5.58. The molecule has 1 aromatic rings. The van der Waals surface area contributed by atoms with E-state index in [9.17, 15) is 0 Å². The largest absolute Gasteiger partial charge is 0.329 e. The monoisotopic (exact) mass is 208 g/mol. The molecule has 0 aromatic carbocycles. The molecular weight excluding hydrogens is 188 g/mol. The number of nitrogens with zero attached hydrogens (tertiary/aromatic N) is 3. The molecule has 0 fully saturated rings. The lowest BCUT2D eigenvalue weighted by Gasteiger charge is -2.22. The third kappa shape index (κ3) is 4.85. The van der Waals surface area contributed by atoms with Crippen LogP contribution < -0.4 is 5.73 Å². The minimum atomic E-state index is 0.639. The molecule has 1 heterocycles. The SMILES string of the molecule is CC(C)CN(CCN)Cc1ncccn1. The fourth-order valence-electron chi connectivity index (χ4n) is 1.55. The Morgan fingerprint density at radius 2 is 2.00 bits per heavy atom. The molecule has 2 N–H and O–H groups in total. The summed E-state index contributed by atoms with van der Waals surface area (Å²) in [6.45, 7) is 7.81. The fourth-order valence-corrected chi connectivity index (χ4v) is 1.55. The van der Waals surface area contributed by atoms with Crippen molar-refractivity contribution in [2.45, 2.75) is 20.4 Å². The second-order valence-corrected chi connectivity index (χ2v) is 4.08. The molecule has 1 rings (SSSR count). The second kappa shape index (κ2) is 6.48. The average molecular weight is 208 g/mol. The fraction of sp³-hybridized carbons (Fsp3) is 0.636. The van der Waals surface area contributed by atoms with Crippen molar-refractivity contribution in [1.82, 2.24) is 14.9 Å². The van der Waals surface area contributed by atoms with E-state index in [0.717, 1.165) is 25.5 Å². The smallest absolute Gasteiger partial charge is 0.142 e. The van der Waals surface area contributed by atoms with Crippen LogP contribution in [0.5, 0.6) is 0 Å². The zero-order chi connectivity index (χ0) is 11.1. The number of hydrogen-bond donors (Lipinski definition) is 1. The zero-order valence-electron chi connectivity index (χ0n) is 9.56. The minimum Gasteiger partial charge on any atom is -0.329 e. The van der Waals surface area contributed by atoms with Crippen molar-refractivity contribution in [3.8, 4) is 0 Å². The van der Waals surface area contributed by atoms with Crippen LogP contribution in [0.3, 0.4) is 0 Å². The number of nitrogens with two attached hydrogens (primary N) is 1. The quantitative estimate of drug-likeness (QED) is 0.754. The third-order valence-electron chi connectivity index (χ3n) is 2.05. The van der Waals surface area contributed by atoms with Gasteiger partial charge < -0.3 is 5.73 Å². The molecule has 0 aliphatic rings. The van der Waals surface area contributed by atoms with Gasteiger partial charge in [-0.15, -0.1) is 0 Å². The predicted octanol–water partition coefficient (Wildman–Crippen LogP) is 0.893. The predicted molar refractivity (Wildman–Crippen MR) is 61.2 cm³/mol. The van der Waals surface area contributed by atoms with Crippen molar-refractivity contribution in [1.29, 1.82) is 0 Å². The summed E-state index contributed by atoms with van der Waals surface area (Å²) in [4.78, 5) is 10.7. The van der Waals surface area contributed by atoms with Crippen molar-refractivity contribution in [3.63, 3.8) is 0 Å². The van der Waals surface area contributed by atoms with Gasteiger partial charge in [-0.25, -0.2) is 9.97 Å². The van der Waals surface area contributed by atoms with Gasteiger partial charge in [-0.1, -0.05) is 13.8 Å². The lowest BCUT2D eigenvalue weighted by atomic mass is 10.2. The summed E-state index contributed by atoms with van der Waals surface area (Å²) >= 11 is 0. The van der Waals surface area contributed by atoms with Crippen molar-refractivity contribution in [3.05, 3.63) is 24.3 Å². The van der Waals surface area contributed by atoms with Gasteiger partial charge in [0.2, 0.25) is 0 Å². The van der Waals surface area contributed by atoms with Crippen LogP contribution in [0.2, 0.25) is 0 Å². The maximum Gasteiger partial charge on any atom is 0.142 e. The molecule has 0 saturated carbocycles. The molecular formula is C11H20N4. The van der Waals surface area contributed by atoms with Crippen LogP contribution in [0, 0.1) is 5.92 Å². The first-order valence-electron chi connectivity index (χ1n) is 5.40. The summed E-state index contributed by atoms with van der Waals surface area (Å²) in [5.74, 6) is 1.51. The zero-order valence-corrected chi connectivity index (χ0v) is 9.56. The van der Waals surface area contributed by atoms with E-state index in [-0.39, 0.29) is 0 Å².